The van der Waals surface area contributed by atoms with Gasteiger partial charge in [-0.25, -0.2) is 8.42 Å². The highest BCUT2D eigenvalue weighted by atomic mass is 32.2. The number of carbonyl (C=O) groups excluding carboxylic acids is 2. The van der Waals surface area contributed by atoms with Gasteiger partial charge in [-0.2, -0.15) is 4.31 Å². The first-order chi connectivity index (χ1) is 16.2. The van der Waals surface area contributed by atoms with Crippen LogP contribution in [0, 0.1) is 11.8 Å². The fraction of sp³-hybridized carbons (Fsp3) is 0.692. The van der Waals surface area contributed by atoms with Crippen molar-refractivity contribution in [2.45, 2.75) is 76.3 Å². The molecule has 3 aliphatic rings. The molecule has 0 aromatic heterocycles. The summed E-state index contributed by atoms with van der Waals surface area (Å²) in [5.41, 5.74) is 0.515. The average Bonchev–Trinajstić information content (AvgIpc) is 3.66. The summed E-state index contributed by atoms with van der Waals surface area (Å²) >= 11 is 0. The number of amides is 1. The number of piperazine rings is 1. The number of hydrogen-bond acceptors (Lipinski definition) is 5. The second-order valence-electron chi connectivity index (χ2n) is 10.6. The number of sulfonamides is 1. The highest BCUT2D eigenvalue weighted by molar-refractivity contribution is 7.89. The third-order valence-electron chi connectivity index (χ3n) is 7.81. The van der Waals surface area contributed by atoms with Gasteiger partial charge < -0.3 is 4.90 Å². The van der Waals surface area contributed by atoms with Crippen molar-refractivity contribution < 1.29 is 18.0 Å². The molecule has 1 heterocycles. The molecule has 2 aliphatic carbocycles. The second kappa shape index (κ2) is 10.5. The molecule has 1 aromatic carbocycles. The molecule has 7 nitrogen and oxygen atoms in total. The number of benzene rings is 1. The summed E-state index contributed by atoms with van der Waals surface area (Å²) in [6.07, 6.45) is 5.08. The fourth-order valence-corrected chi connectivity index (χ4v) is 7.08. The van der Waals surface area contributed by atoms with Crippen molar-refractivity contribution in [3.8, 4) is 0 Å². The molecule has 0 bridgehead atoms. The van der Waals surface area contributed by atoms with E-state index in [9.17, 15) is 18.0 Å². The first-order valence-electron chi connectivity index (χ1n) is 12.8. The summed E-state index contributed by atoms with van der Waals surface area (Å²) in [6.45, 7) is 9.84. The van der Waals surface area contributed by atoms with Crippen molar-refractivity contribution in [1.82, 2.24) is 14.1 Å². The van der Waals surface area contributed by atoms with Crippen molar-refractivity contribution in [2.24, 2.45) is 11.8 Å². The average molecular weight is 490 g/mol. The molecule has 0 radical (unpaired) electrons. The number of ketones is 1. The van der Waals surface area contributed by atoms with Gasteiger partial charge in [0.1, 0.15) is 0 Å². The van der Waals surface area contributed by atoms with Crippen LogP contribution in [0.3, 0.4) is 0 Å². The van der Waals surface area contributed by atoms with Crippen LogP contribution in [0.4, 0.5) is 0 Å². The first kappa shape index (κ1) is 25.3. The molecule has 0 N–H and O–H groups in total. The Balaban J connectivity index is 1.40. The summed E-state index contributed by atoms with van der Waals surface area (Å²) in [4.78, 5) is 29.4. The van der Waals surface area contributed by atoms with Gasteiger partial charge in [0, 0.05) is 56.3 Å². The van der Waals surface area contributed by atoms with Gasteiger partial charge >= 0.3 is 0 Å². The molecule has 8 heteroatoms. The van der Waals surface area contributed by atoms with E-state index in [0.717, 1.165) is 64.7 Å². The van der Waals surface area contributed by atoms with Gasteiger partial charge in [0.2, 0.25) is 15.9 Å². The highest BCUT2D eigenvalue weighted by Gasteiger charge is 2.40. The SMILES string of the molecule is CC(=O)c1ccc(S(=O)(=O)N(CC2CC2)C2CCC(C(=O)N3CCN(C(C)C)CC3)CC2)cc1. The van der Waals surface area contributed by atoms with E-state index in [2.05, 4.69) is 18.7 Å². The Kier molecular flexibility index (Phi) is 7.79. The molecule has 0 atom stereocenters. The quantitative estimate of drug-likeness (QED) is 0.523. The van der Waals surface area contributed by atoms with Crippen molar-refractivity contribution >= 4 is 21.7 Å². The van der Waals surface area contributed by atoms with Crippen LogP contribution >= 0.6 is 0 Å². The van der Waals surface area contributed by atoms with E-state index in [4.69, 9.17) is 0 Å². The molecule has 188 valence electrons. The third-order valence-corrected chi connectivity index (χ3v) is 9.74. The molecule has 1 aliphatic heterocycles. The molecule has 34 heavy (non-hydrogen) atoms. The van der Waals surface area contributed by atoms with Gasteiger partial charge in [-0.15, -0.1) is 0 Å². The van der Waals surface area contributed by atoms with Crippen molar-refractivity contribution in [2.75, 3.05) is 32.7 Å². The maximum absolute atomic E-state index is 13.6. The van der Waals surface area contributed by atoms with Crippen LogP contribution < -0.4 is 0 Å². The smallest absolute Gasteiger partial charge is 0.243 e. The molecular weight excluding hydrogens is 450 g/mol. The monoisotopic (exact) mass is 489 g/mol. The van der Waals surface area contributed by atoms with Crippen LogP contribution in [-0.4, -0.2) is 79.0 Å². The largest absolute Gasteiger partial charge is 0.340 e. The maximum atomic E-state index is 13.6. The zero-order chi connectivity index (χ0) is 24.5. The van der Waals surface area contributed by atoms with Crippen molar-refractivity contribution in [3.63, 3.8) is 0 Å². The van der Waals surface area contributed by atoms with Crippen LogP contribution in [0.5, 0.6) is 0 Å². The lowest BCUT2D eigenvalue weighted by Crippen LogP contribution is -2.52. The Morgan fingerprint density at radius 2 is 1.53 bits per heavy atom. The van der Waals surface area contributed by atoms with Gasteiger partial charge in [-0.05, 0) is 77.3 Å². The molecule has 3 fully saturated rings. The minimum Gasteiger partial charge on any atom is -0.340 e. The van der Waals surface area contributed by atoms with Crippen LogP contribution in [0.1, 0.15) is 69.7 Å². The van der Waals surface area contributed by atoms with E-state index in [1.165, 1.54) is 6.92 Å². The molecule has 0 spiro atoms. The molecule has 1 saturated heterocycles. The number of rotatable bonds is 8. The Labute approximate surface area is 204 Å². The van der Waals surface area contributed by atoms with E-state index in [1.54, 1.807) is 28.6 Å². The fourth-order valence-electron chi connectivity index (χ4n) is 5.32. The topological polar surface area (TPSA) is 78.0 Å². The lowest BCUT2D eigenvalue weighted by atomic mass is 9.85. The standard InChI is InChI=1S/C26H39N3O4S/c1-19(2)27-14-16-28(17-15-27)26(31)23-6-10-24(11-7-23)29(18-21-4-5-21)34(32,33)25-12-8-22(9-13-25)20(3)30/h8-9,12-13,19,21,23-24H,4-7,10-11,14-18H2,1-3H3. The predicted octanol–water partition coefficient (Wildman–Crippen LogP) is 3.40. The van der Waals surface area contributed by atoms with Gasteiger partial charge in [-0.3, -0.25) is 14.5 Å². The maximum Gasteiger partial charge on any atom is 0.243 e. The summed E-state index contributed by atoms with van der Waals surface area (Å²) in [5, 5.41) is 0. The molecule has 0 unspecified atom stereocenters. The van der Waals surface area contributed by atoms with E-state index < -0.39 is 10.0 Å². The lowest BCUT2D eigenvalue weighted by Gasteiger charge is -2.40. The Bertz CT molecular complexity index is 972. The third kappa shape index (κ3) is 5.71. The predicted molar refractivity (Wildman–Crippen MR) is 132 cm³/mol. The van der Waals surface area contributed by atoms with Crippen LogP contribution in [-0.2, 0) is 14.8 Å². The molecule has 2 saturated carbocycles. The molecule has 1 amide bonds. The molecule has 4 rings (SSSR count). The van der Waals surface area contributed by atoms with Crippen molar-refractivity contribution in [3.05, 3.63) is 29.8 Å². The van der Waals surface area contributed by atoms with Gasteiger partial charge in [-0.1, -0.05) is 12.1 Å². The number of nitrogens with zero attached hydrogens (tertiary/aromatic N) is 3. The first-order valence-corrected chi connectivity index (χ1v) is 14.3. The van der Waals surface area contributed by atoms with Crippen LogP contribution in [0.2, 0.25) is 0 Å². The Morgan fingerprint density at radius 1 is 0.941 bits per heavy atom. The van der Waals surface area contributed by atoms with Gasteiger partial charge in [0.05, 0.1) is 4.90 Å². The summed E-state index contributed by atoms with van der Waals surface area (Å²) < 4.78 is 28.9. The number of Topliss-reactive ketones (excluding diaryl/α,β-unsaturated/α-hetero) is 1. The van der Waals surface area contributed by atoms with E-state index in [1.807, 2.05) is 4.90 Å². The van der Waals surface area contributed by atoms with E-state index >= 15 is 0 Å². The summed E-state index contributed by atoms with van der Waals surface area (Å²) in [5.74, 6) is 0.607. The zero-order valence-corrected chi connectivity index (χ0v) is 21.6. The summed E-state index contributed by atoms with van der Waals surface area (Å²) in [7, 11) is -3.65. The Hall–Kier alpha value is -1.77. The highest BCUT2D eigenvalue weighted by Crippen LogP contribution is 2.37. The number of hydrogen-bond donors (Lipinski definition) is 0. The molecule has 1 aromatic rings. The van der Waals surface area contributed by atoms with E-state index in [0.29, 0.717) is 24.1 Å². The van der Waals surface area contributed by atoms with Crippen LogP contribution in [0.25, 0.3) is 0 Å². The van der Waals surface area contributed by atoms with Gasteiger partial charge in [0.15, 0.2) is 5.78 Å². The molecular formula is C26H39N3O4S. The lowest BCUT2D eigenvalue weighted by molar-refractivity contribution is -0.138. The second-order valence-corrected chi connectivity index (χ2v) is 12.4. The van der Waals surface area contributed by atoms with Crippen molar-refractivity contribution in [1.29, 1.82) is 0 Å². The normalized spacial score (nSPS) is 24.6. The minimum atomic E-state index is -3.65. The zero-order valence-electron chi connectivity index (χ0n) is 20.8. The minimum absolute atomic E-state index is 0.00202. The van der Waals surface area contributed by atoms with Crippen LogP contribution in [0.15, 0.2) is 29.2 Å². The number of carbonyl (C=O) groups is 2. The van der Waals surface area contributed by atoms with Gasteiger partial charge in [0.25, 0.3) is 0 Å². The van der Waals surface area contributed by atoms with E-state index in [-0.39, 0.29) is 28.5 Å². The summed E-state index contributed by atoms with van der Waals surface area (Å²) in [6, 6.07) is 6.74. The Morgan fingerprint density at radius 3 is 2.03 bits per heavy atom.